The molecule has 4 rings (SSSR count). The Hall–Kier alpha value is -3.42. The molecule has 2 aromatic carbocycles. The van der Waals surface area contributed by atoms with Crippen molar-refractivity contribution in [1.29, 1.82) is 0 Å². The summed E-state index contributed by atoms with van der Waals surface area (Å²) in [6.07, 6.45) is 2.43. The molecule has 0 radical (unpaired) electrons. The molecule has 2 atom stereocenters. The van der Waals surface area contributed by atoms with Gasteiger partial charge in [-0.05, 0) is 49.9 Å². The van der Waals surface area contributed by atoms with Gasteiger partial charge in [0.25, 0.3) is 0 Å². The lowest BCUT2D eigenvalue weighted by Gasteiger charge is -2.31. The van der Waals surface area contributed by atoms with Gasteiger partial charge in [0, 0.05) is 43.6 Å². The molecule has 0 aromatic heterocycles. The van der Waals surface area contributed by atoms with E-state index in [4.69, 9.17) is 0 Å². The normalized spacial score (nSPS) is 19.1. The molecule has 2 aliphatic rings. The lowest BCUT2D eigenvalue weighted by molar-refractivity contribution is -0.142. The number of guanidine groups is 1. The molecule has 0 aliphatic carbocycles. The van der Waals surface area contributed by atoms with Crippen LogP contribution in [0.25, 0.3) is 0 Å². The minimum absolute atomic E-state index is 0.00458. The Morgan fingerprint density at radius 3 is 2.47 bits per heavy atom. The zero-order valence-corrected chi connectivity index (χ0v) is 26.0. The maximum absolute atomic E-state index is 13.5. The Morgan fingerprint density at radius 1 is 1.12 bits per heavy atom. The molecule has 0 saturated carbocycles. The highest BCUT2D eigenvalue weighted by atomic mass is 32.2. The Kier molecular flexibility index (Phi) is 10.9. The molecule has 13 heteroatoms. The molecular weight excluding hydrogens is 590 g/mol. The molecule has 43 heavy (non-hydrogen) atoms. The topological polar surface area (TPSA) is 157 Å². The second kappa shape index (κ2) is 14.4. The van der Waals surface area contributed by atoms with E-state index in [0.29, 0.717) is 24.9 Å². The minimum Gasteiger partial charge on any atom is -0.480 e. The standard InChI is InChI=1S/C30H39N5O6S2/c1-30(2)26(35(20-42-30)43(40,41)24-9-4-3-5-10-24)27(37)34-25(28(38)39)19-22-13-11-21(12-14-22)18-23(36)8-6-15-31-29-32-16-7-17-33-29/h3-5,9-14,25-26H,6-8,15-20H2,1-2H3,(H,34,37)(H,38,39)(H2,31,32,33)/t25?,26-/m1/s1. The summed E-state index contributed by atoms with van der Waals surface area (Å²) in [4.78, 5) is 42.5. The van der Waals surface area contributed by atoms with Gasteiger partial charge in [-0.2, -0.15) is 4.31 Å². The van der Waals surface area contributed by atoms with Crippen LogP contribution >= 0.6 is 11.8 Å². The van der Waals surface area contributed by atoms with Gasteiger partial charge in [-0.25, -0.2) is 13.2 Å². The van der Waals surface area contributed by atoms with E-state index in [1.807, 2.05) is 0 Å². The van der Waals surface area contributed by atoms with E-state index in [-0.39, 0.29) is 29.4 Å². The summed E-state index contributed by atoms with van der Waals surface area (Å²) >= 11 is 1.32. The highest BCUT2D eigenvalue weighted by Gasteiger charge is 2.51. The molecule has 232 valence electrons. The van der Waals surface area contributed by atoms with Crippen molar-refractivity contribution in [2.24, 2.45) is 4.99 Å². The summed E-state index contributed by atoms with van der Waals surface area (Å²) in [5, 5.41) is 18.9. The summed E-state index contributed by atoms with van der Waals surface area (Å²) in [6.45, 7) is 5.91. The van der Waals surface area contributed by atoms with Gasteiger partial charge in [-0.1, -0.05) is 42.5 Å². The van der Waals surface area contributed by atoms with Crippen molar-refractivity contribution in [2.45, 2.75) is 67.7 Å². The smallest absolute Gasteiger partial charge is 0.326 e. The Labute approximate surface area is 257 Å². The van der Waals surface area contributed by atoms with Crippen molar-refractivity contribution in [3.05, 3.63) is 65.7 Å². The molecule has 2 aromatic rings. The van der Waals surface area contributed by atoms with E-state index in [1.54, 1.807) is 56.3 Å². The highest BCUT2D eigenvalue weighted by Crippen LogP contribution is 2.42. The number of amides is 1. The van der Waals surface area contributed by atoms with Crippen molar-refractivity contribution in [1.82, 2.24) is 20.3 Å². The van der Waals surface area contributed by atoms with Crippen molar-refractivity contribution in [3.63, 3.8) is 0 Å². The van der Waals surface area contributed by atoms with E-state index in [0.717, 1.165) is 35.3 Å². The number of thioether (sulfide) groups is 1. The van der Waals surface area contributed by atoms with Crippen LogP contribution in [-0.4, -0.2) is 83.8 Å². The van der Waals surface area contributed by atoms with Gasteiger partial charge in [-0.15, -0.1) is 11.8 Å². The number of aliphatic imine (C=N–C) groups is 1. The first-order chi connectivity index (χ1) is 20.5. The third-order valence-corrected chi connectivity index (χ3v) is 10.8. The number of hydrogen-bond donors (Lipinski definition) is 4. The van der Waals surface area contributed by atoms with E-state index >= 15 is 0 Å². The van der Waals surface area contributed by atoms with E-state index < -0.39 is 38.7 Å². The molecule has 4 N–H and O–H groups in total. The number of aliphatic carboxylic acids is 1. The number of nitrogens with one attached hydrogen (secondary N) is 3. The number of benzene rings is 2. The van der Waals surface area contributed by atoms with Crippen LogP contribution in [0.15, 0.2) is 64.5 Å². The van der Waals surface area contributed by atoms with Crippen LogP contribution in [-0.2, 0) is 37.2 Å². The molecule has 1 unspecified atom stereocenters. The van der Waals surface area contributed by atoms with Crippen molar-refractivity contribution in [3.8, 4) is 0 Å². The zero-order valence-electron chi connectivity index (χ0n) is 24.4. The number of carboxylic acids is 1. The van der Waals surface area contributed by atoms with Gasteiger partial charge in [0.1, 0.15) is 17.9 Å². The molecule has 0 spiro atoms. The Balaban J connectivity index is 1.33. The number of nitrogens with zero attached hydrogens (tertiary/aromatic N) is 2. The van der Waals surface area contributed by atoms with E-state index in [9.17, 15) is 27.9 Å². The maximum atomic E-state index is 13.5. The molecule has 2 aliphatic heterocycles. The summed E-state index contributed by atoms with van der Waals surface area (Å²) in [5.74, 6) is -0.925. The SMILES string of the molecule is CC1(C)SCN(S(=O)(=O)c2ccccc2)[C@@H]1C(=O)NC(Cc1ccc(CC(=O)CCCNC2=NCCCN2)cc1)C(=O)O. The molecule has 1 amide bonds. The quantitative estimate of drug-likeness (QED) is 0.244. The average Bonchev–Trinajstić information content (AvgIpc) is 3.32. The monoisotopic (exact) mass is 629 g/mol. The zero-order chi connectivity index (χ0) is 31.0. The van der Waals surface area contributed by atoms with Gasteiger partial charge >= 0.3 is 5.97 Å². The summed E-state index contributed by atoms with van der Waals surface area (Å²) in [7, 11) is -3.98. The van der Waals surface area contributed by atoms with Gasteiger partial charge in [0.2, 0.25) is 15.9 Å². The van der Waals surface area contributed by atoms with E-state index in [1.165, 1.54) is 23.9 Å². The number of carboxylic acid groups (broad SMARTS) is 1. The van der Waals surface area contributed by atoms with E-state index in [2.05, 4.69) is 20.9 Å². The van der Waals surface area contributed by atoms with Crippen LogP contribution in [0.4, 0.5) is 0 Å². The first-order valence-corrected chi connectivity index (χ1v) is 16.8. The fourth-order valence-corrected chi connectivity index (χ4v) is 8.24. The number of rotatable bonds is 13. The number of hydrogen-bond acceptors (Lipinski definition) is 9. The van der Waals surface area contributed by atoms with Crippen LogP contribution in [0.1, 0.15) is 44.2 Å². The first kappa shape index (κ1) is 32.5. The maximum Gasteiger partial charge on any atom is 0.326 e. The van der Waals surface area contributed by atoms with Crippen molar-refractivity contribution < 1.29 is 27.9 Å². The molecular formula is C30H39N5O6S2. The van der Waals surface area contributed by atoms with Gasteiger partial charge in [0.05, 0.1) is 10.8 Å². The molecule has 2 heterocycles. The fourth-order valence-electron chi connectivity index (χ4n) is 5.05. The molecule has 11 nitrogen and oxygen atoms in total. The highest BCUT2D eigenvalue weighted by molar-refractivity contribution is 8.02. The Bertz CT molecular complexity index is 1430. The van der Waals surface area contributed by atoms with Crippen molar-refractivity contribution >= 4 is 45.4 Å². The van der Waals surface area contributed by atoms with Crippen LogP contribution in [0, 0.1) is 0 Å². The van der Waals surface area contributed by atoms with Gasteiger partial charge < -0.3 is 21.1 Å². The third-order valence-electron chi connectivity index (χ3n) is 7.41. The second-order valence-electron chi connectivity index (χ2n) is 11.2. The number of Topliss-reactive ketones (excluding diaryl/α,β-unsaturated/α-hetero) is 1. The van der Waals surface area contributed by atoms with Crippen LogP contribution < -0.4 is 16.0 Å². The predicted molar refractivity (Wildman–Crippen MR) is 166 cm³/mol. The third kappa shape index (κ3) is 8.58. The summed E-state index contributed by atoms with van der Waals surface area (Å²) in [6, 6.07) is 12.6. The number of ketones is 1. The Morgan fingerprint density at radius 2 is 1.81 bits per heavy atom. The summed E-state index contributed by atoms with van der Waals surface area (Å²) in [5.41, 5.74) is 1.49. The number of sulfonamides is 1. The first-order valence-electron chi connectivity index (χ1n) is 14.3. The molecule has 0 bridgehead atoms. The van der Waals surface area contributed by atoms with Crippen LogP contribution in [0.2, 0.25) is 0 Å². The number of carbonyl (C=O) groups is 3. The van der Waals surface area contributed by atoms with Crippen LogP contribution in [0.5, 0.6) is 0 Å². The minimum atomic E-state index is -3.98. The lowest BCUT2D eigenvalue weighted by Crippen LogP contribution is -2.56. The van der Waals surface area contributed by atoms with Gasteiger partial charge in [-0.3, -0.25) is 14.6 Å². The predicted octanol–water partition coefficient (Wildman–Crippen LogP) is 2.17. The fraction of sp³-hybridized carbons (Fsp3) is 0.467. The molecule has 1 saturated heterocycles. The summed E-state index contributed by atoms with van der Waals surface area (Å²) < 4.78 is 27.1. The number of carbonyl (C=O) groups excluding carboxylic acids is 2. The lowest BCUT2D eigenvalue weighted by atomic mass is 9.99. The largest absolute Gasteiger partial charge is 0.480 e. The molecule has 1 fully saturated rings. The van der Waals surface area contributed by atoms with Gasteiger partial charge in [0.15, 0.2) is 5.96 Å². The van der Waals surface area contributed by atoms with Crippen molar-refractivity contribution in [2.75, 3.05) is 25.5 Å². The second-order valence-corrected chi connectivity index (χ2v) is 14.7. The average molecular weight is 630 g/mol. The van der Waals surface area contributed by atoms with Crippen LogP contribution in [0.3, 0.4) is 0 Å².